The average Bonchev–Trinajstić information content (AvgIpc) is 3.18. The minimum absolute atomic E-state index is 0. The van der Waals surface area contributed by atoms with E-state index in [0.29, 0.717) is 5.69 Å². The summed E-state index contributed by atoms with van der Waals surface area (Å²) in [6.45, 7) is 3.52. The molecule has 0 radical (unpaired) electrons. The third-order valence-electron chi connectivity index (χ3n) is 4.72. The number of fused-ring (bicyclic) bond motifs is 1. The molecule has 136 valence electrons. The van der Waals surface area contributed by atoms with Crippen LogP contribution in [0.3, 0.4) is 0 Å². The number of hydrogen-bond donors (Lipinski definition) is 1. The molecule has 6 nitrogen and oxygen atoms in total. The summed E-state index contributed by atoms with van der Waals surface area (Å²) in [5.74, 6) is 1.06. The van der Waals surface area contributed by atoms with Gasteiger partial charge in [0, 0.05) is 51.2 Å². The Morgan fingerprint density at radius 3 is 2.92 bits per heavy atom. The van der Waals surface area contributed by atoms with Crippen LogP contribution in [0.4, 0.5) is 0 Å². The van der Waals surface area contributed by atoms with Crippen LogP contribution in [-0.2, 0) is 13.0 Å². The van der Waals surface area contributed by atoms with E-state index in [1.54, 1.807) is 6.20 Å². The zero-order chi connectivity index (χ0) is 15.6. The molecule has 25 heavy (non-hydrogen) atoms. The lowest BCUT2D eigenvalue weighted by Gasteiger charge is -2.24. The first-order valence-corrected chi connectivity index (χ1v) is 8.30. The minimum atomic E-state index is 0. The van der Waals surface area contributed by atoms with Crippen LogP contribution in [0.1, 0.15) is 40.8 Å². The normalized spacial score (nSPS) is 19.4. The molecule has 2 aliphatic rings. The molecule has 1 N–H and O–H groups in total. The summed E-state index contributed by atoms with van der Waals surface area (Å²) in [6.07, 6.45) is 8.45. The highest BCUT2D eigenvalue weighted by molar-refractivity contribution is 5.92. The van der Waals surface area contributed by atoms with Crippen molar-refractivity contribution in [3.8, 4) is 0 Å². The van der Waals surface area contributed by atoms with E-state index in [4.69, 9.17) is 0 Å². The summed E-state index contributed by atoms with van der Waals surface area (Å²) in [5, 5.41) is 3.35. The van der Waals surface area contributed by atoms with Crippen molar-refractivity contribution < 1.29 is 4.79 Å². The predicted molar refractivity (Wildman–Crippen MR) is 101 cm³/mol. The van der Waals surface area contributed by atoms with Crippen molar-refractivity contribution >= 4 is 30.7 Å². The molecule has 0 spiro atoms. The monoisotopic (exact) mass is 383 g/mol. The van der Waals surface area contributed by atoms with E-state index in [1.807, 2.05) is 23.4 Å². The molecule has 1 amide bonds. The number of nitrogens with one attached hydrogen (secondary N) is 1. The Morgan fingerprint density at radius 2 is 2.12 bits per heavy atom. The zero-order valence-corrected chi connectivity index (χ0v) is 15.6. The predicted octanol–water partition coefficient (Wildman–Crippen LogP) is 2.24. The first-order chi connectivity index (χ1) is 11.3. The van der Waals surface area contributed by atoms with Gasteiger partial charge in [0.1, 0.15) is 11.5 Å². The third kappa shape index (κ3) is 3.97. The van der Waals surface area contributed by atoms with Gasteiger partial charge in [-0.05, 0) is 24.5 Å². The molecule has 0 saturated carbocycles. The topological polar surface area (TPSA) is 63.1 Å². The third-order valence-corrected chi connectivity index (χ3v) is 4.72. The number of carbonyl (C=O) groups is 1. The maximum Gasteiger partial charge on any atom is 0.274 e. The van der Waals surface area contributed by atoms with Crippen LogP contribution in [0.2, 0.25) is 0 Å². The molecule has 4 rings (SSSR count). The van der Waals surface area contributed by atoms with Crippen LogP contribution in [0.5, 0.6) is 0 Å². The molecule has 2 aromatic rings. The number of nitrogens with zero attached hydrogens (tertiary/aromatic N) is 4. The van der Waals surface area contributed by atoms with Crippen LogP contribution in [0.15, 0.2) is 30.7 Å². The van der Waals surface area contributed by atoms with E-state index in [2.05, 4.69) is 25.9 Å². The molecule has 1 fully saturated rings. The fourth-order valence-electron chi connectivity index (χ4n) is 3.55. The fourth-order valence-corrected chi connectivity index (χ4v) is 3.55. The number of aromatic nitrogens is 3. The quantitative estimate of drug-likeness (QED) is 0.863. The van der Waals surface area contributed by atoms with Gasteiger partial charge in [-0.15, -0.1) is 24.8 Å². The van der Waals surface area contributed by atoms with Crippen LogP contribution in [0.25, 0.3) is 0 Å². The van der Waals surface area contributed by atoms with E-state index in [0.717, 1.165) is 56.8 Å². The number of rotatable bonds is 2. The van der Waals surface area contributed by atoms with Gasteiger partial charge < -0.3 is 14.8 Å². The van der Waals surface area contributed by atoms with Gasteiger partial charge in [-0.25, -0.2) is 4.98 Å². The molecule has 0 bridgehead atoms. The largest absolute Gasteiger partial charge is 0.333 e. The number of imidazole rings is 1. The molecule has 1 atom stereocenters. The first kappa shape index (κ1) is 19.7. The molecule has 1 unspecified atom stereocenters. The summed E-state index contributed by atoms with van der Waals surface area (Å²) in [5.41, 5.74) is 1.70. The van der Waals surface area contributed by atoms with E-state index >= 15 is 0 Å². The minimum Gasteiger partial charge on any atom is -0.333 e. The lowest BCUT2D eigenvalue weighted by Crippen LogP contribution is -2.31. The molecule has 2 aliphatic heterocycles. The Hall–Kier alpha value is -1.63. The van der Waals surface area contributed by atoms with Crippen LogP contribution < -0.4 is 5.32 Å². The maximum absolute atomic E-state index is 12.9. The SMILES string of the molecule is Cl.Cl.O=C(c1cn2c(n1)CCNCC2)N1CCCC1c1cccnc1. The van der Waals surface area contributed by atoms with Gasteiger partial charge in [0.05, 0.1) is 6.04 Å². The Labute approximate surface area is 159 Å². The highest BCUT2D eigenvalue weighted by atomic mass is 35.5. The van der Waals surface area contributed by atoms with Gasteiger partial charge in [-0.1, -0.05) is 6.07 Å². The highest BCUT2D eigenvalue weighted by Gasteiger charge is 2.32. The summed E-state index contributed by atoms with van der Waals surface area (Å²) in [7, 11) is 0. The molecule has 2 aromatic heterocycles. The van der Waals surface area contributed by atoms with Gasteiger partial charge in [0.25, 0.3) is 5.91 Å². The summed E-state index contributed by atoms with van der Waals surface area (Å²) in [4.78, 5) is 23.7. The Balaban J connectivity index is 0.00000113. The number of halogens is 2. The Bertz CT molecular complexity index is 683. The van der Waals surface area contributed by atoms with Crippen molar-refractivity contribution in [1.82, 2.24) is 24.8 Å². The standard InChI is InChI=1S/C17H21N5O.2ClH/c23-17(14-12-21-10-8-18-7-5-16(21)20-14)22-9-2-4-15(22)13-3-1-6-19-11-13;;/h1,3,6,11-12,15,18H,2,4-5,7-10H2;2*1H. The summed E-state index contributed by atoms with van der Waals surface area (Å²) in [6, 6.07) is 4.11. The van der Waals surface area contributed by atoms with Crippen LogP contribution in [0, 0.1) is 0 Å². The molecule has 8 heteroatoms. The van der Waals surface area contributed by atoms with Crippen molar-refractivity contribution in [3.63, 3.8) is 0 Å². The molecular weight excluding hydrogens is 361 g/mol. The van der Waals surface area contributed by atoms with Crippen molar-refractivity contribution in [1.29, 1.82) is 0 Å². The molecule has 0 aliphatic carbocycles. The van der Waals surface area contributed by atoms with Crippen LogP contribution in [-0.4, -0.2) is 45.0 Å². The highest BCUT2D eigenvalue weighted by Crippen LogP contribution is 2.32. The number of carbonyl (C=O) groups excluding carboxylic acids is 1. The molecule has 0 aromatic carbocycles. The lowest BCUT2D eigenvalue weighted by atomic mass is 10.1. The second kappa shape index (κ2) is 8.65. The van der Waals surface area contributed by atoms with Crippen LogP contribution >= 0.6 is 24.8 Å². The molecule has 4 heterocycles. The summed E-state index contributed by atoms with van der Waals surface area (Å²) >= 11 is 0. The Kier molecular flexibility index (Phi) is 6.81. The average molecular weight is 384 g/mol. The van der Waals surface area contributed by atoms with Gasteiger partial charge in [0.15, 0.2) is 0 Å². The van der Waals surface area contributed by atoms with Crippen molar-refractivity contribution in [2.75, 3.05) is 19.6 Å². The zero-order valence-electron chi connectivity index (χ0n) is 13.9. The van der Waals surface area contributed by atoms with Crippen molar-refractivity contribution in [3.05, 3.63) is 47.8 Å². The number of likely N-dealkylation sites (tertiary alicyclic amines) is 1. The maximum atomic E-state index is 12.9. The van der Waals surface area contributed by atoms with E-state index in [1.165, 1.54) is 0 Å². The van der Waals surface area contributed by atoms with Crippen molar-refractivity contribution in [2.24, 2.45) is 0 Å². The first-order valence-electron chi connectivity index (χ1n) is 8.30. The second-order valence-corrected chi connectivity index (χ2v) is 6.18. The van der Waals surface area contributed by atoms with E-state index < -0.39 is 0 Å². The Morgan fingerprint density at radius 1 is 1.24 bits per heavy atom. The van der Waals surface area contributed by atoms with Gasteiger partial charge in [-0.2, -0.15) is 0 Å². The molecular formula is C17H23Cl2N5O. The van der Waals surface area contributed by atoms with Gasteiger partial charge >= 0.3 is 0 Å². The van der Waals surface area contributed by atoms with Gasteiger partial charge in [-0.3, -0.25) is 9.78 Å². The van der Waals surface area contributed by atoms with Crippen molar-refractivity contribution in [2.45, 2.75) is 31.8 Å². The fraction of sp³-hybridized carbons (Fsp3) is 0.471. The number of amides is 1. The number of pyridine rings is 1. The van der Waals surface area contributed by atoms with Gasteiger partial charge in [0.2, 0.25) is 0 Å². The molecule has 1 saturated heterocycles. The second-order valence-electron chi connectivity index (χ2n) is 6.18. The van der Waals surface area contributed by atoms with E-state index in [9.17, 15) is 4.79 Å². The lowest BCUT2D eigenvalue weighted by molar-refractivity contribution is 0.0729. The smallest absolute Gasteiger partial charge is 0.274 e. The summed E-state index contributed by atoms with van der Waals surface area (Å²) < 4.78 is 2.11. The number of hydrogen-bond acceptors (Lipinski definition) is 4. The van der Waals surface area contributed by atoms with E-state index in [-0.39, 0.29) is 36.8 Å².